The van der Waals surface area contributed by atoms with Crippen LogP contribution in [0.1, 0.15) is 6.92 Å². The molecular weight excluding hydrogens is 438 g/mol. The second kappa shape index (κ2) is 9.77. The van der Waals surface area contributed by atoms with E-state index in [1.54, 1.807) is 0 Å². The minimum absolute atomic E-state index is 0.369. The molecule has 0 bridgehead atoms. The number of ether oxygens (including phenoxy) is 3. The number of amides is 1. The van der Waals surface area contributed by atoms with Gasteiger partial charge in [0, 0.05) is 6.92 Å². The van der Waals surface area contributed by atoms with Crippen LogP contribution in [0.3, 0.4) is 0 Å². The molecular formula is C14H21NO14S-2. The third-order valence-electron chi connectivity index (χ3n) is 4.47. The molecule has 2 saturated heterocycles. The average molecular weight is 459 g/mol. The standard InChI is InChI=1S/C14H23NO14S/c1-4(17)15-5-3-26-6(2-16)11(29-30(23,24)25)10(5)27-14-9(20)7(18)8(19)12(28-14)13(21)22/h5-12,14,16,18-20H,2-3H2,1H3,(H,15,17)(H,21,22)(H,23,24,25)/p-2. The molecule has 0 spiro atoms. The molecule has 174 valence electrons. The Morgan fingerprint density at radius 1 is 1.17 bits per heavy atom. The van der Waals surface area contributed by atoms with Gasteiger partial charge in [0.05, 0.1) is 25.2 Å². The minimum Gasteiger partial charge on any atom is -0.726 e. The van der Waals surface area contributed by atoms with Crippen LogP contribution in [0.5, 0.6) is 0 Å². The third-order valence-corrected chi connectivity index (χ3v) is 4.93. The molecule has 2 rings (SSSR count). The Balaban J connectivity index is 2.36. The molecule has 0 aromatic heterocycles. The van der Waals surface area contributed by atoms with Crippen LogP contribution in [0.4, 0.5) is 0 Å². The molecule has 0 aromatic carbocycles. The lowest BCUT2D eigenvalue weighted by molar-refractivity contribution is -0.358. The van der Waals surface area contributed by atoms with Crippen LogP contribution >= 0.6 is 0 Å². The number of carbonyl (C=O) groups excluding carboxylic acids is 2. The topological polar surface area (TPSA) is 244 Å². The van der Waals surface area contributed by atoms with Crippen molar-refractivity contribution in [1.29, 1.82) is 0 Å². The van der Waals surface area contributed by atoms with E-state index in [2.05, 4.69) is 9.50 Å². The number of carbonyl (C=O) groups is 2. The van der Waals surface area contributed by atoms with Crippen molar-refractivity contribution >= 4 is 22.3 Å². The molecule has 9 atom stereocenters. The summed E-state index contributed by atoms with van der Waals surface area (Å²) in [6, 6.07) is -1.21. The SMILES string of the molecule is CC(=O)NC1COC(CO)C(OS(=O)(=O)[O-])C1OC1OC(C(=O)[O-])C(O)C(O)C1O. The number of nitrogens with one attached hydrogen (secondary N) is 1. The molecule has 0 aromatic rings. The van der Waals surface area contributed by atoms with E-state index in [0.29, 0.717) is 0 Å². The molecule has 0 radical (unpaired) electrons. The van der Waals surface area contributed by atoms with E-state index in [9.17, 15) is 48.1 Å². The number of aliphatic carboxylic acids is 1. The highest BCUT2D eigenvalue weighted by Crippen LogP contribution is 2.29. The molecule has 9 unspecified atom stereocenters. The van der Waals surface area contributed by atoms with Gasteiger partial charge in [-0.05, 0) is 0 Å². The lowest BCUT2D eigenvalue weighted by Gasteiger charge is -2.46. The van der Waals surface area contributed by atoms with Crippen molar-refractivity contribution in [2.75, 3.05) is 13.2 Å². The fourth-order valence-electron chi connectivity index (χ4n) is 3.13. The zero-order valence-electron chi connectivity index (χ0n) is 15.4. The number of hydrogen-bond acceptors (Lipinski definition) is 14. The highest BCUT2D eigenvalue weighted by atomic mass is 32.3. The van der Waals surface area contributed by atoms with Crippen LogP contribution in [-0.2, 0) is 38.4 Å². The summed E-state index contributed by atoms with van der Waals surface area (Å²) < 4.78 is 53.2. The predicted molar refractivity (Wildman–Crippen MR) is 85.6 cm³/mol. The lowest BCUT2D eigenvalue weighted by Crippen LogP contribution is -2.67. The minimum atomic E-state index is -5.38. The van der Waals surface area contributed by atoms with E-state index in [4.69, 9.17) is 14.2 Å². The van der Waals surface area contributed by atoms with Crippen molar-refractivity contribution in [3.05, 3.63) is 0 Å². The highest BCUT2D eigenvalue weighted by Gasteiger charge is 2.50. The second-order valence-corrected chi connectivity index (χ2v) is 7.66. The normalized spacial score (nSPS) is 40.0. The van der Waals surface area contributed by atoms with Crippen molar-refractivity contribution in [1.82, 2.24) is 5.32 Å². The monoisotopic (exact) mass is 459 g/mol. The lowest BCUT2D eigenvalue weighted by atomic mass is 9.96. The van der Waals surface area contributed by atoms with Gasteiger partial charge in [0.2, 0.25) is 16.3 Å². The van der Waals surface area contributed by atoms with Gasteiger partial charge in [-0.15, -0.1) is 0 Å². The Bertz CT molecular complexity index is 730. The van der Waals surface area contributed by atoms with Crippen molar-refractivity contribution < 1.29 is 66.5 Å². The molecule has 0 aliphatic carbocycles. The van der Waals surface area contributed by atoms with Gasteiger partial charge in [0.1, 0.15) is 42.7 Å². The molecule has 0 saturated carbocycles. The Hall–Kier alpha value is -1.47. The average Bonchev–Trinajstić information content (AvgIpc) is 2.62. The summed E-state index contributed by atoms with van der Waals surface area (Å²) in [5.41, 5.74) is 0. The maximum Gasteiger partial charge on any atom is 0.218 e. The zero-order chi connectivity index (χ0) is 22.8. The van der Waals surface area contributed by atoms with Gasteiger partial charge in [-0.3, -0.25) is 8.98 Å². The third kappa shape index (κ3) is 5.82. The fourth-order valence-corrected chi connectivity index (χ4v) is 3.64. The van der Waals surface area contributed by atoms with Gasteiger partial charge in [-0.2, -0.15) is 0 Å². The number of carboxylic acids is 1. The van der Waals surface area contributed by atoms with Gasteiger partial charge in [-0.25, -0.2) is 8.42 Å². The summed E-state index contributed by atoms with van der Waals surface area (Å²) in [4.78, 5) is 22.6. The first kappa shape index (κ1) is 24.8. The Morgan fingerprint density at radius 3 is 2.30 bits per heavy atom. The summed E-state index contributed by atoms with van der Waals surface area (Å²) in [6.45, 7) is -0.121. The summed E-state index contributed by atoms with van der Waals surface area (Å²) in [5.74, 6) is -2.59. The predicted octanol–water partition coefficient (Wildman–Crippen LogP) is -6.33. The Labute approximate surface area is 170 Å². The molecule has 2 fully saturated rings. The van der Waals surface area contributed by atoms with Crippen LogP contribution in [0.25, 0.3) is 0 Å². The van der Waals surface area contributed by atoms with Crippen LogP contribution in [0.2, 0.25) is 0 Å². The zero-order valence-corrected chi connectivity index (χ0v) is 16.2. The van der Waals surface area contributed by atoms with Crippen molar-refractivity contribution in [3.63, 3.8) is 0 Å². The highest BCUT2D eigenvalue weighted by molar-refractivity contribution is 7.80. The first-order chi connectivity index (χ1) is 13.9. The van der Waals surface area contributed by atoms with Crippen LogP contribution in [0.15, 0.2) is 0 Å². The molecule has 1 amide bonds. The Kier molecular flexibility index (Phi) is 8.08. The molecule has 2 heterocycles. The number of hydrogen-bond donors (Lipinski definition) is 5. The van der Waals surface area contributed by atoms with E-state index < -0.39 is 83.9 Å². The molecule has 15 nitrogen and oxygen atoms in total. The largest absolute Gasteiger partial charge is 0.726 e. The number of aliphatic hydroxyl groups excluding tert-OH is 4. The van der Waals surface area contributed by atoms with E-state index in [1.807, 2.05) is 0 Å². The number of carboxylic acid groups (broad SMARTS) is 1. The van der Waals surface area contributed by atoms with Crippen molar-refractivity contribution in [3.8, 4) is 0 Å². The maximum absolute atomic E-state index is 11.5. The van der Waals surface area contributed by atoms with Gasteiger partial charge in [-0.1, -0.05) is 0 Å². The van der Waals surface area contributed by atoms with Crippen LogP contribution < -0.4 is 10.4 Å². The smallest absolute Gasteiger partial charge is 0.218 e. The van der Waals surface area contributed by atoms with E-state index in [-0.39, 0.29) is 6.61 Å². The van der Waals surface area contributed by atoms with E-state index in [0.717, 1.165) is 6.92 Å². The van der Waals surface area contributed by atoms with Crippen LogP contribution in [0, 0.1) is 0 Å². The van der Waals surface area contributed by atoms with E-state index in [1.165, 1.54) is 0 Å². The summed E-state index contributed by atoms with van der Waals surface area (Å²) in [7, 11) is -5.38. The maximum atomic E-state index is 11.5. The second-order valence-electron chi connectivity index (χ2n) is 6.65. The van der Waals surface area contributed by atoms with Crippen LogP contribution in [-0.4, -0.2) is 114 Å². The number of rotatable bonds is 7. The molecule has 30 heavy (non-hydrogen) atoms. The van der Waals surface area contributed by atoms with Gasteiger partial charge in [0.25, 0.3) is 0 Å². The van der Waals surface area contributed by atoms with Crippen molar-refractivity contribution in [2.45, 2.75) is 62.0 Å². The molecule has 5 N–H and O–H groups in total. The van der Waals surface area contributed by atoms with Crippen molar-refractivity contribution in [2.24, 2.45) is 0 Å². The number of aliphatic hydroxyl groups is 4. The summed E-state index contributed by atoms with van der Waals surface area (Å²) >= 11 is 0. The molecule has 2 aliphatic heterocycles. The fraction of sp³-hybridized carbons (Fsp3) is 0.857. The van der Waals surface area contributed by atoms with Gasteiger partial charge in [0.15, 0.2) is 6.29 Å². The Morgan fingerprint density at radius 2 is 1.80 bits per heavy atom. The molecule has 16 heteroatoms. The molecule has 2 aliphatic rings. The first-order valence-electron chi connectivity index (χ1n) is 8.55. The first-order valence-corrected chi connectivity index (χ1v) is 9.88. The van der Waals surface area contributed by atoms with E-state index >= 15 is 0 Å². The van der Waals surface area contributed by atoms with Gasteiger partial charge >= 0.3 is 0 Å². The van der Waals surface area contributed by atoms with Gasteiger partial charge < -0.3 is 54.4 Å². The summed E-state index contributed by atoms with van der Waals surface area (Å²) in [5, 5.41) is 52.5. The summed E-state index contributed by atoms with van der Waals surface area (Å²) in [6.07, 6.45) is -15.2. The quantitative estimate of drug-likeness (QED) is 0.176.